The minimum absolute atomic E-state index is 0.00956. The van der Waals surface area contributed by atoms with Gasteiger partial charge in [-0.3, -0.25) is 9.59 Å². The highest BCUT2D eigenvalue weighted by Gasteiger charge is 2.38. The number of nitrogens with two attached hydrogens (primary N) is 1. The van der Waals surface area contributed by atoms with E-state index in [0.29, 0.717) is 32.1 Å². The minimum atomic E-state index is -0.179. The molecule has 2 rings (SSSR count). The quantitative estimate of drug-likeness (QED) is 0.798. The third kappa shape index (κ3) is 4.19. The van der Waals surface area contributed by atoms with Crippen LogP contribution >= 0.6 is 0 Å². The maximum atomic E-state index is 12.2. The lowest BCUT2D eigenvalue weighted by atomic mass is 9.87. The molecule has 5 heteroatoms. The Morgan fingerprint density at radius 1 is 1.38 bits per heavy atom. The largest absolute Gasteiger partial charge is 0.355 e. The van der Waals surface area contributed by atoms with Gasteiger partial charge in [0.15, 0.2) is 0 Å². The summed E-state index contributed by atoms with van der Waals surface area (Å²) in [6.07, 6.45) is 4.93. The molecule has 2 unspecified atom stereocenters. The Balaban J connectivity index is 1.83. The van der Waals surface area contributed by atoms with Crippen molar-refractivity contribution in [3.05, 3.63) is 0 Å². The van der Waals surface area contributed by atoms with Gasteiger partial charge in [-0.15, -0.1) is 0 Å². The highest BCUT2D eigenvalue weighted by atomic mass is 16.2. The molecule has 1 saturated carbocycles. The average Bonchev–Trinajstić information content (AvgIpc) is 2.87. The second-order valence-electron chi connectivity index (χ2n) is 6.95. The van der Waals surface area contributed by atoms with E-state index >= 15 is 0 Å². The molecule has 21 heavy (non-hydrogen) atoms. The molecule has 0 aromatic rings. The standard InChI is InChI=1S/C16H29N3O2/c1-11-3-5-14(6-4-11)19-10-13(7-15(19)20)16(21)18-9-12(2)8-17/h11-14H,3-10,17H2,1-2H3,(H,18,21). The van der Waals surface area contributed by atoms with Crippen molar-refractivity contribution < 1.29 is 9.59 Å². The molecule has 2 fully saturated rings. The van der Waals surface area contributed by atoms with Gasteiger partial charge in [0.2, 0.25) is 11.8 Å². The summed E-state index contributed by atoms with van der Waals surface area (Å²) in [5.41, 5.74) is 5.55. The zero-order valence-corrected chi connectivity index (χ0v) is 13.3. The molecule has 1 saturated heterocycles. The molecule has 0 bridgehead atoms. The number of hydrogen-bond acceptors (Lipinski definition) is 3. The minimum Gasteiger partial charge on any atom is -0.355 e. The predicted molar refractivity (Wildman–Crippen MR) is 82.5 cm³/mol. The summed E-state index contributed by atoms with van der Waals surface area (Å²) < 4.78 is 0. The molecule has 0 aromatic heterocycles. The monoisotopic (exact) mass is 295 g/mol. The number of rotatable bonds is 5. The number of carbonyl (C=O) groups is 2. The number of hydrogen-bond donors (Lipinski definition) is 2. The first-order valence-electron chi connectivity index (χ1n) is 8.28. The Labute approximate surface area is 127 Å². The molecule has 0 radical (unpaired) electrons. The van der Waals surface area contributed by atoms with Crippen molar-refractivity contribution in [3.8, 4) is 0 Å². The average molecular weight is 295 g/mol. The van der Waals surface area contributed by atoms with Crippen molar-refractivity contribution in [2.45, 2.75) is 52.0 Å². The van der Waals surface area contributed by atoms with Crippen molar-refractivity contribution >= 4 is 11.8 Å². The van der Waals surface area contributed by atoms with Gasteiger partial charge in [0.25, 0.3) is 0 Å². The molecule has 2 aliphatic rings. The van der Waals surface area contributed by atoms with E-state index in [9.17, 15) is 9.59 Å². The van der Waals surface area contributed by atoms with E-state index in [1.807, 2.05) is 11.8 Å². The number of likely N-dealkylation sites (tertiary alicyclic amines) is 1. The third-order valence-corrected chi connectivity index (χ3v) is 4.98. The number of carbonyl (C=O) groups excluding carboxylic acids is 2. The Morgan fingerprint density at radius 2 is 2.05 bits per heavy atom. The fourth-order valence-electron chi connectivity index (χ4n) is 3.32. The van der Waals surface area contributed by atoms with Crippen molar-refractivity contribution in [1.82, 2.24) is 10.2 Å². The van der Waals surface area contributed by atoms with Crippen LogP contribution in [0.2, 0.25) is 0 Å². The molecular formula is C16H29N3O2. The Bertz CT molecular complexity index is 378. The van der Waals surface area contributed by atoms with Gasteiger partial charge < -0.3 is 16.0 Å². The summed E-state index contributed by atoms with van der Waals surface area (Å²) in [4.78, 5) is 26.3. The smallest absolute Gasteiger partial charge is 0.225 e. The molecule has 120 valence electrons. The summed E-state index contributed by atoms with van der Waals surface area (Å²) in [7, 11) is 0. The maximum Gasteiger partial charge on any atom is 0.225 e. The first kappa shape index (κ1) is 16.3. The van der Waals surface area contributed by atoms with Gasteiger partial charge in [-0.05, 0) is 44.1 Å². The molecule has 5 nitrogen and oxygen atoms in total. The summed E-state index contributed by atoms with van der Waals surface area (Å²) >= 11 is 0. The highest BCUT2D eigenvalue weighted by molar-refractivity contribution is 5.89. The van der Waals surface area contributed by atoms with Crippen LogP contribution in [0.1, 0.15) is 46.0 Å². The lowest BCUT2D eigenvalue weighted by Crippen LogP contribution is -2.40. The molecule has 0 spiro atoms. The van der Waals surface area contributed by atoms with Crippen LogP contribution < -0.4 is 11.1 Å². The molecule has 1 heterocycles. The van der Waals surface area contributed by atoms with Crippen LogP contribution in [0.3, 0.4) is 0 Å². The number of amides is 2. The molecule has 3 N–H and O–H groups in total. The molecule has 1 aliphatic heterocycles. The van der Waals surface area contributed by atoms with E-state index in [1.165, 1.54) is 12.8 Å². The summed E-state index contributed by atoms with van der Waals surface area (Å²) in [6, 6.07) is 0.356. The van der Waals surface area contributed by atoms with Gasteiger partial charge in [-0.1, -0.05) is 13.8 Å². The highest BCUT2D eigenvalue weighted by Crippen LogP contribution is 2.31. The second kappa shape index (κ2) is 7.25. The van der Waals surface area contributed by atoms with Crippen LogP contribution in [-0.4, -0.2) is 42.4 Å². The van der Waals surface area contributed by atoms with E-state index in [-0.39, 0.29) is 23.7 Å². The summed E-state index contributed by atoms with van der Waals surface area (Å²) in [6.45, 7) is 6.05. The Kier molecular flexibility index (Phi) is 5.62. The van der Waals surface area contributed by atoms with Crippen LogP contribution in [-0.2, 0) is 9.59 Å². The fourth-order valence-corrected chi connectivity index (χ4v) is 3.32. The zero-order chi connectivity index (χ0) is 15.4. The molecule has 2 atom stereocenters. The van der Waals surface area contributed by atoms with Crippen molar-refractivity contribution in [2.24, 2.45) is 23.5 Å². The Hall–Kier alpha value is -1.10. The third-order valence-electron chi connectivity index (χ3n) is 4.98. The van der Waals surface area contributed by atoms with Crippen molar-refractivity contribution in [2.75, 3.05) is 19.6 Å². The van der Waals surface area contributed by atoms with Gasteiger partial charge in [-0.2, -0.15) is 0 Å². The molecule has 0 aromatic carbocycles. The topological polar surface area (TPSA) is 75.4 Å². The first-order valence-corrected chi connectivity index (χ1v) is 8.28. The SMILES string of the molecule is CC1CCC(N2CC(C(=O)NCC(C)CN)CC2=O)CC1. The van der Waals surface area contributed by atoms with Crippen LogP contribution in [0, 0.1) is 17.8 Å². The molecule has 2 amide bonds. The van der Waals surface area contributed by atoms with Gasteiger partial charge in [-0.25, -0.2) is 0 Å². The van der Waals surface area contributed by atoms with E-state index < -0.39 is 0 Å². The van der Waals surface area contributed by atoms with E-state index in [1.54, 1.807) is 0 Å². The van der Waals surface area contributed by atoms with E-state index in [2.05, 4.69) is 12.2 Å². The van der Waals surface area contributed by atoms with Crippen LogP contribution in [0.5, 0.6) is 0 Å². The normalized spacial score (nSPS) is 31.3. The van der Waals surface area contributed by atoms with E-state index in [0.717, 1.165) is 18.8 Å². The lowest BCUT2D eigenvalue weighted by molar-refractivity contribution is -0.131. The van der Waals surface area contributed by atoms with Gasteiger partial charge in [0.05, 0.1) is 5.92 Å². The van der Waals surface area contributed by atoms with Crippen LogP contribution in [0.25, 0.3) is 0 Å². The summed E-state index contributed by atoms with van der Waals surface area (Å²) in [5, 5.41) is 2.93. The molecular weight excluding hydrogens is 266 g/mol. The van der Waals surface area contributed by atoms with Crippen molar-refractivity contribution in [1.29, 1.82) is 0 Å². The number of nitrogens with zero attached hydrogens (tertiary/aromatic N) is 1. The summed E-state index contributed by atoms with van der Waals surface area (Å²) in [5.74, 6) is 1.04. The van der Waals surface area contributed by atoms with Crippen molar-refractivity contribution in [3.63, 3.8) is 0 Å². The Morgan fingerprint density at radius 3 is 2.67 bits per heavy atom. The van der Waals surface area contributed by atoms with Gasteiger partial charge in [0.1, 0.15) is 0 Å². The van der Waals surface area contributed by atoms with Gasteiger partial charge in [0, 0.05) is 25.6 Å². The first-order chi connectivity index (χ1) is 10.0. The maximum absolute atomic E-state index is 12.2. The number of nitrogens with one attached hydrogen (secondary N) is 1. The second-order valence-corrected chi connectivity index (χ2v) is 6.95. The van der Waals surface area contributed by atoms with Crippen LogP contribution in [0.15, 0.2) is 0 Å². The predicted octanol–water partition coefficient (Wildman–Crippen LogP) is 1.12. The van der Waals surface area contributed by atoms with Gasteiger partial charge >= 0.3 is 0 Å². The zero-order valence-electron chi connectivity index (χ0n) is 13.3. The lowest BCUT2D eigenvalue weighted by Gasteiger charge is -2.33. The van der Waals surface area contributed by atoms with Crippen LogP contribution in [0.4, 0.5) is 0 Å². The van der Waals surface area contributed by atoms with E-state index in [4.69, 9.17) is 5.73 Å². The fraction of sp³-hybridized carbons (Fsp3) is 0.875. The molecule has 1 aliphatic carbocycles.